The number of ether oxygens (including phenoxy) is 1. The highest BCUT2D eigenvalue weighted by Gasteiger charge is 2.13. The molecule has 1 aromatic carbocycles. The fourth-order valence-corrected chi connectivity index (χ4v) is 1.56. The van der Waals surface area contributed by atoms with Crippen molar-refractivity contribution in [3.63, 3.8) is 0 Å². The zero-order chi connectivity index (χ0) is 13.7. The number of halogens is 1. The summed E-state index contributed by atoms with van der Waals surface area (Å²) in [5.41, 5.74) is 6.52. The number of nitrogens with one attached hydrogen (secondary N) is 1. The molecule has 0 saturated heterocycles. The van der Waals surface area contributed by atoms with E-state index in [-0.39, 0.29) is 30.5 Å². The van der Waals surface area contributed by atoms with Crippen molar-refractivity contribution in [3.8, 4) is 5.75 Å². The van der Waals surface area contributed by atoms with E-state index in [1.807, 2.05) is 45.0 Å². The Morgan fingerprint density at radius 2 is 1.89 bits per heavy atom. The molecule has 0 aromatic heterocycles. The molecule has 0 aliphatic rings. The summed E-state index contributed by atoms with van der Waals surface area (Å²) in [6.07, 6.45) is 0.134. The summed E-state index contributed by atoms with van der Waals surface area (Å²) in [7, 11) is 0. The standard InChI is InChI=1S/C14H22N2O2.ClH/c1-9(2)18-13-7-5-6-12(8-13)11(4)16-14(17)10(3)15;/h5-11H,15H2,1-4H3,(H,16,17);1H/t10-,11?;/m0./s1. The van der Waals surface area contributed by atoms with Crippen LogP contribution in [0.25, 0.3) is 0 Å². The van der Waals surface area contributed by atoms with Gasteiger partial charge in [-0.1, -0.05) is 12.1 Å². The molecule has 0 aliphatic heterocycles. The Hall–Kier alpha value is -1.26. The van der Waals surface area contributed by atoms with Gasteiger partial charge in [0.2, 0.25) is 5.91 Å². The minimum atomic E-state index is -0.498. The van der Waals surface area contributed by atoms with Crippen LogP contribution in [0.1, 0.15) is 39.3 Å². The zero-order valence-corrected chi connectivity index (χ0v) is 12.7. The Balaban J connectivity index is 0.00000324. The highest BCUT2D eigenvalue weighted by atomic mass is 35.5. The first kappa shape index (κ1) is 17.7. The fraction of sp³-hybridized carbons (Fsp3) is 0.500. The lowest BCUT2D eigenvalue weighted by Gasteiger charge is -2.17. The summed E-state index contributed by atoms with van der Waals surface area (Å²) >= 11 is 0. The van der Waals surface area contributed by atoms with E-state index in [2.05, 4.69) is 5.32 Å². The average Bonchev–Trinajstić information content (AvgIpc) is 2.28. The lowest BCUT2D eigenvalue weighted by Crippen LogP contribution is -2.39. The predicted molar refractivity (Wildman–Crippen MR) is 79.7 cm³/mol. The van der Waals surface area contributed by atoms with Gasteiger partial charge >= 0.3 is 0 Å². The van der Waals surface area contributed by atoms with Crippen LogP contribution >= 0.6 is 12.4 Å². The molecular formula is C14H23ClN2O2. The Labute approximate surface area is 121 Å². The topological polar surface area (TPSA) is 64.3 Å². The molecule has 0 radical (unpaired) electrons. The van der Waals surface area contributed by atoms with Crippen LogP contribution in [0.5, 0.6) is 5.75 Å². The minimum absolute atomic E-state index is 0. The summed E-state index contributed by atoms with van der Waals surface area (Å²) in [6, 6.07) is 7.14. The molecule has 5 heteroatoms. The smallest absolute Gasteiger partial charge is 0.237 e. The van der Waals surface area contributed by atoms with Crippen molar-refractivity contribution >= 4 is 18.3 Å². The molecule has 3 N–H and O–H groups in total. The number of carbonyl (C=O) groups is 1. The minimum Gasteiger partial charge on any atom is -0.491 e. The van der Waals surface area contributed by atoms with Crippen molar-refractivity contribution < 1.29 is 9.53 Å². The van der Waals surface area contributed by atoms with Crippen LogP contribution in [0.15, 0.2) is 24.3 Å². The molecular weight excluding hydrogens is 264 g/mol. The van der Waals surface area contributed by atoms with E-state index < -0.39 is 6.04 Å². The van der Waals surface area contributed by atoms with Crippen molar-refractivity contribution in [2.24, 2.45) is 5.73 Å². The van der Waals surface area contributed by atoms with E-state index in [0.29, 0.717) is 0 Å². The Morgan fingerprint density at radius 3 is 2.42 bits per heavy atom. The third kappa shape index (κ3) is 5.94. The fourth-order valence-electron chi connectivity index (χ4n) is 1.56. The van der Waals surface area contributed by atoms with Gasteiger partial charge in [0.05, 0.1) is 18.2 Å². The van der Waals surface area contributed by atoms with Crippen molar-refractivity contribution in [2.45, 2.75) is 45.9 Å². The van der Waals surface area contributed by atoms with E-state index in [1.54, 1.807) is 6.92 Å². The molecule has 0 fully saturated rings. The quantitative estimate of drug-likeness (QED) is 0.874. The average molecular weight is 287 g/mol. The van der Waals surface area contributed by atoms with E-state index in [0.717, 1.165) is 11.3 Å². The summed E-state index contributed by atoms with van der Waals surface area (Å²) < 4.78 is 5.62. The Morgan fingerprint density at radius 1 is 1.26 bits per heavy atom. The SMILES string of the molecule is CC(C)Oc1cccc(C(C)NC(=O)[C@H](C)N)c1.Cl. The number of nitrogens with two attached hydrogens (primary N) is 1. The van der Waals surface area contributed by atoms with Gasteiger partial charge in [0.25, 0.3) is 0 Å². The molecule has 0 bridgehead atoms. The van der Waals surface area contributed by atoms with Crippen LogP contribution < -0.4 is 15.8 Å². The van der Waals surface area contributed by atoms with Crippen LogP contribution in [-0.2, 0) is 4.79 Å². The molecule has 0 heterocycles. The van der Waals surface area contributed by atoms with E-state index in [1.165, 1.54) is 0 Å². The van der Waals surface area contributed by atoms with Gasteiger partial charge in [-0.2, -0.15) is 0 Å². The molecule has 1 rings (SSSR count). The van der Waals surface area contributed by atoms with E-state index in [4.69, 9.17) is 10.5 Å². The van der Waals surface area contributed by atoms with Crippen LogP contribution in [0.2, 0.25) is 0 Å². The number of amides is 1. The first-order valence-electron chi connectivity index (χ1n) is 6.22. The molecule has 1 aromatic rings. The van der Waals surface area contributed by atoms with Gasteiger partial charge in [-0.05, 0) is 45.4 Å². The van der Waals surface area contributed by atoms with Crippen molar-refractivity contribution in [2.75, 3.05) is 0 Å². The first-order chi connectivity index (χ1) is 8.40. The highest BCUT2D eigenvalue weighted by molar-refractivity contribution is 5.85. The number of carbonyl (C=O) groups excluding carboxylic acids is 1. The van der Waals surface area contributed by atoms with Crippen LogP contribution in [0, 0.1) is 0 Å². The Bertz CT molecular complexity index is 408. The highest BCUT2D eigenvalue weighted by Crippen LogP contribution is 2.20. The maximum Gasteiger partial charge on any atom is 0.237 e. The van der Waals surface area contributed by atoms with Crippen molar-refractivity contribution in [3.05, 3.63) is 29.8 Å². The second-order valence-electron chi connectivity index (χ2n) is 4.76. The predicted octanol–water partition coefficient (Wildman–Crippen LogP) is 2.42. The third-order valence-electron chi connectivity index (χ3n) is 2.50. The van der Waals surface area contributed by atoms with E-state index in [9.17, 15) is 4.79 Å². The summed E-state index contributed by atoms with van der Waals surface area (Å²) in [5.74, 6) is 0.655. The summed E-state index contributed by atoms with van der Waals surface area (Å²) in [5, 5.41) is 2.86. The molecule has 108 valence electrons. The molecule has 19 heavy (non-hydrogen) atoms. The van der Waals surface area contributed by atoms with Gasteiger partial charge in [-0.25, -0.2) is 0 Å². The number of hydrogen-bond acceptors (Lipinski definition) is 3. The summed E-state index contributed by atoms with van der Waals surface area (Å²) in [4.78, 5) is 11.5. The van der Waals surface area contributed by atoms with Gasteiger partial charge in [-0.15, -0.1) is 12.4 Å². The maximum absolute atomic E-state index is 11.5. The van der Waals surface area contributed by atoms with Crippen molar-refractivity contribution in [1.82, 2.24) is 5.32 Å². The first-order valence-corrected chi connectivity index (χ1v) is 6.22. The second-order valence-corrected chi connectivity index (χ2v) is 4.76. The third-order valence-corrected chi connectivity index (χ3v) is 2.50. The summed E-state index contributed by atoms with van der Waals surface area (Å²) in [6.45, 7) is 7.55. The Kier molecular flexibility index (Phi) is 7.49. The molecule has 4 nitrogen and oxygen atoms in total. The zero-order valence-electron chi connectivity index (χ0n) is 11.8. The molecule has 0 saturated carbocycles. The maximum atomic E-state index is 11.5. The molecule has 2 atom stereocenters. The lowest BCUT2D eigenvalue weighted by molar-refractivity contribution is -0.122. The molecule has 1 unspecified atom stereocenters. The van der Waals surface area contributed by atoms with Crippen LogP contribution in [-0.4, -0.2) is 18.1 Å². The molecule has 0 spiro atoms. The number of hydrogen-bond donors (Lipinski definition) is 2. The van der Waals surface area contributed by atoms with E-state index >= 15 is 0 Å². The normalized spacial score (nSPS) is 13.4. The van der Waals surface area contributed by atoms with Crippen LogP contribution in [0.3, 0.4) is 0 Å². The number of rotatable bonds is 5. The van der Waals surface area contributed by atoms with Gasteiger partial charge in [0.1, 0.15) is 5.75 Å². The van der Waals surface area contributed by atoms with Gasteiger partial charge in [0, 0.05) is 0 Å². The largest absolute Gasteiger partial charge is 0.491 e. The van der Waals surface area contributed by atoms with Crippen molar-refractivity contribution in [1.29, 1.82) is 0 Å². The monoisotopic (exact) mass is 286 g/mol. The second kappa shape index (κ2) is 8.02. The van der Waals surface area contributed by atoms with Gasteiger partial charge < -0.3 is 15.8 Å². The van der Waals surface area contributed by atoms with Gasteiger partial charge in [0.15, 0.2) is 0 Å². The lowest BCUT2D eigenvalue weighted by atomic mass is 10.1. The molecule has 0 aliphatic carbocycles. The van der Waals surface area contributed by atoms with Gasteiger partial charge in [-0.3, -0.25) is 4.79 Å². The van der Waals surface area contributed by atoms with Crippen LogP contribution in [0.4, 0.5) is 0 Å². The molecule has 1 amide bonds. The number of benzene rings is 1.